The highest BCUT2D eigenvalue weighted by Gasteiger charge is 2.03. The minimum Gasteiger partial charge on any atom is -0.260 e. The summed E-state index contributed by atoms with van der Waals surface area (Å²) < 4.78 is 1.56. The van der Waals surface area contributed by atoms with Gasteiger partial charge in [-0.3, -0.25) is 5.43 Å². The van der Waals surface area contributed by atoms with Gasteiger partial charge in [0.2, 0.25) is 0 Å². The van der Waals surface area contributed by atoms with Gasteiger partial charge in [-0.25, -0.2) is 0 Å². The Balaban J connectivity index is 1.82. The molecule has 0 bridgehead atoms. The predicted molar refractivity (Wildman–Crippen MR) is 83.1 cm³/mol. The van der Waals surface area contributed by atoms with Crippen LogP contribution in [0.25, 0.3) is 5.65 Å². The highest BCUT2D eigenvalue weighted by Crippen LogP contribution is 2.22. The summed E-state index contributed by atoms with van der Waals surface area (Å²) in [6, 6.07) is 8.92. The Morgan fingerprint density at radius 3 is 2.86 bits per heavy atom. The summed E-state index contributed by atoms with van der Waals surface area (Å²) in [5.41, 5.74) is 5.20. The van der Waals surface area contributed by atoms with E-state index in [4.69, 9.17) is 23.2 Å². The smallest absolute Gasteiger partial charge is 0.177 e. The van der Waals surface area contributed by atoms with Crippen molar-refractivity contribution < 1.29 is 0 Å². The molecule has 0 amide bonds. The molecule has 3 rings (SSSR count). The van der Waals surface area contributed by atoms with Gasteiger partial charge in [0.25, 0.3) is 0 Å². The normalized spacial score (nSPS) is 11.9. The van der Waals surface area contributed by atoms with Gasteiger partial charge in [-0.15, -0.1) is 15.3 Å². The molecule has 21 heavy (non-hydrogen) atoms. The molecular formula is C13H10Cl2N6. The van der Waals surface area contributed by atoms with Crippen LogP contribution in [0.15, 0.2) is 41.8 Å². The van der Waals surface area contributed by atoms with Crippen LogP contribution >= 0.6 is 23.2 Å². The molecular weight excluding hydrogens is 311 g/mol. The zero-order chi connectivity index (χ0) is 14.8. The summed E-state index contributed by atoms with van der Waals surface area (Å²) >= 11 is 11.9. The van der Waals surface area contributed by atoms with Crippen molar-refractivity contribution in [2.45, 2.75) is 6.92 Å². The van der Waals surface area contributed by atoms with Crippen molar-refractivity contribution >= 4 is 40.4 Å². The van der Waals surface area contributed by atoms with E-state index in [1.807, 2.05) is 13.0 Å². The standard InChI is InChI=1S/C13H10Cl2N6/c1-8(9-2-3-10(14)11(15)6-9)17-18-12-4-5-13-19-16-7-21(13)20-12/h2-7H,1H3,(H,18,20). The second kappa shape index (κ2) is 5.67. The average Bonchev–Trinajstić information content (AvgIpc) is 2.95. The Hall–Kier alpha value is -2.18. The maximum Gasteiger partial charge on any atom is 0.177 e. The Kier molecular flexibility index (Phi) is 3.72. The third-order valence-electron chi connectivity index (χ3n) is 2.84. The average molecular weight is 321 g/mol. The Labute approximate surface area is 130 Å². The zero-order valence-electron chi connectivity index (χ0n) is 11.0. The van der Waals surface area contributed by atoms with Crippen molar-refractivity contribution in [2.75, 3.05) is 5.43 Å². The first-order chi connectivity index (χ1) is 10.1. The van der Waals surface area contributed by atoms with Crippen molar-refractivity contribution in [1.29, 1.82) is 0 Å². The first-order valence-electron chi connectivity index (χ1n) is 6.06. The molecule has 0 radical (unpaired) electrons. The lowest BCUT2D eigenvalue weighted by molar-refractivity contribution is 0.924. The van der Waals surface area contributed by atoms with E-state index < -0.39 is 0 Å². The van der Waals surface area contributed by atoms with Gasteiger partial charge in [-0.2, -0.15) is 9.62 Å². The molecule has 6 nitrogen and oxygen atoms in total. The number of aromatic nitrogens is 4. The number of benzene rings is 1. The number of hydrazone groups is 1. The molecule has 0 atom stereocenters. The molecule has 2 heterocycles. The number of hydrogen-bond acceptors (Lipinski definition) is 5. The third kappa shape index (κ3) is 2.96. The molecule has 0 saturated carbocycles. The fourth-order valence-corrected chi connectivity index (χ4v) is 2.01. The topological polar surface area (TPSA) is 67.5 Å². The SMILES string of the molecule is CC(=NNc1ccc2nncn2n1)c1ccc(Cl)c(Cl)c1. The summed E-state index contributed by atoms with van der Waals surface area (Å²) in [5, 5.41) is 17.2. The van der Waals surface area contributed by atoms with Crippen molar-refractivity contribution in [1.82, 2.24) is 19.8 Å². The van der Waals surface area contributed by atoms with Crippen LogP contribution < -0.4 is 5.43 Å². The fraction of sp³-hybridized carbons (Fsp3) is 0.0769. The van der Waals surface area contributed by atoms with Gasteiger partial charge >= 0.3 is 0 Å². The maximum absolute atomic E-state index is 5.99. The van der Waals surface area contributed by atoms with E-state index in [0.29, 0.717) is 21.5 Å². The molecule has 0 fully saturated rings. The largest absolute Gasteiger partial charge is 0.260 e. The number of nitrogens with one attached hydrogen (secondary N) is 1. The predicted octanol–water partition coefficient (Wildman–Crippen LogP) is 3.27. The van der Waals surface area contributed by atoms with Gasteiger partial charge in [0, 0.05) is 0 Å². The molecule has 0 unspecified atom stereocenters. The molecule has 1 aromatic carbocycles. The molecule has 0 aliphatic heterocycles. The summed E-state index contributed by atoms with van der Waals surface area (Å²) in [6.45, 7) is 1.86. The first-order valence-corrected chi connectivity index (χ1v) is 6.82. The molecule has 0 aliphatic carbocycles. The lowest BCUT2D eigenvalue weighted by Gasteiger charge is -2.04. The van der Waals surface area contributed by atoms with E-state index in [0.717, 1.165) is 11.3 Å². The number of nitrogens with zero attached hydrogens (tertiary/aromatic N) is 5. The van der Waals surface area contributed by atoms with Crippen molar-refractivity contribution in [3.63, 3.8) is 0 Å². The van der Waals surface area contributed by atoms with Crippen LogP contribution in [0, 0.1) is 0 Å². The lowest BCUT2D eigenvalue weighted by Crippen LogP contribution is -2.02. The molecule has 0 aliphatic rings. The van der Waals surface area contributed by atoms with Crippen LogP contribution in [0.2, 0.25) is 10.0 Å². The van der Waals surface area contributed by atoms with Gasteiger partial charge in [0.1, 0.15) is 6.33 Å². The maximum atomic E-state index is 5.99. The molecule has 2 aromatic heterocycles. The van der Waals surface area contributed by atoms with Crippen LogP contribution in [-0.2, 0) is 0 Å². The van der Waals surface area contributed by atoms with Crippen LogP contribution in [0.4, 0.5) is 5.82 Å². The Morgan fingerprint density at radius 2 is 2.05 bits per heavy atom. The van der Waals surface area contributed by atoms with Gasteiger partial charge in [0.05, 0.1) is 15.8 Å². The number of anilines is 1. The zero-order valence-corrected chi connectivity index (χ0v) is 12.5. The van der Waals surface area contributed by atoms with E-state index in [1.54, 1.807) is 28.8 Å². The quantitative estimate of drug-likeness (QED) is 0.594. The van der Waals surface area contributed by atoms with Gasteiger partial charge in [-0.05, 0) is 36.8 Å². The minimum absolute atomic E-state index is 0.493. The van der Waals surface area contributed by atoms with E-state index in [-0.39, 0.29) is 0 Å². The number of hydrogen-bond donors (Lipinski definition) is 1. The summed E-state index contributed by atoms with van der Waals surface area (Å²) in [7, 11) is 0. The molecule has 3 aromatic rings. The van der Waals surface area contributed by atoms with Crippen molar-refractivity contribution in [3.8, 4) is 0 Å². The Bertz CT molecular complexity index is 826. The molecule has 0 spiro atoms. The van der Waals surface area contributed by atoms with E-state index in [1.165, 1.54) is 6.33 Å². The number of rotatable bonds is 3. The van der Waals surface area contributed by atoms with Gasteiger partial charge in [0.15, 0.2) is 11.5 Å². The van der Waals surface area contributed by atoms with Crippen LogP contribution in [0.1, 0.15) is 12.5 Å². The van der Waals surface area contributed by atoms with E-state index in [9.17, 15) is 0 Å². The minimum atomic E-state index is 0.493. The Morgan fingerprint density at radius 1 is 1.19 bits per heavy atom. The monoisotopic (exact) mass is 320 g/mol. The van der Waals surface area contributed by atoms with Gasteiger partial charge < -0.3 is 0 Å². The highest BCUT2D eigenvalue weighted by molar-refractivity contribution is 6.42. The van der Waals surface area contributed by atoms with Crippen molar-refractivity contribution in [2.24, 2.45) is 5.10 Å². The van der Waals surface area contributed by atoms with Crippen LogP contribution in [0.3, 0.4) is 0 Å². The van der Waals surface area contributed by atoms with Gasteiger partial charge in [-0.1, -0.05) is 29.3 Å². The second-order valence-corrected chi connectivity index (χ2v) is 5.10. The summed E-state index contributed by atoms with van der Waals surface area (Å²) in [4.78, 5) is 0. The van der Waals surface area contributed by atoms with E-state index in [2.05, 4.69) is 25.8 Å². The first kappa shape index (κ1) is 13.8. The summed E-state index contributed by atoms with van der Waals surface area (Å²) in [5.74, 6) is 0.585. The van der Waals surface area contributed by atoms with Crippen LogP contribution in [-0.4, -0.2) is 25.5 Å². The summed E-state index contributed by atoms with van der Waals surface area (Å²) in [6.07, 6.45) is 1.52. The molecule has 1 N–H and O–H groups in total. The fourth-order valence-electron chi connectivity index (χ4n) is 1.71. The molecule has 0 saturated heterocycles. The van der Waals surface area contributed by atoms with Crippen LogP contribution in [0.5, 0.6) is 0 Å². The lowest BCUT2D eigenvalue weighted by atomic mass is 10.1. The number of fused-ring (bicyclic) bond motifs is 1. The number of halogens is 2. The van der Waals surface area contributed by atoms with Crippen molar-refractivity contribution in [3.05, 3.63) is 52.3 Å². The van der Waals surface area contributed by atoms with E-state index >= 15 is 0 Å². The second-order valence-electron chi connectivity index (χ2n) is 4.29. The molecule has 8 heteroatoms. The third-order valence-corrected chi connectivity index (χ3v) is 3.58. The highest BCUT2D eigenvalue weighted by atomic mass is 35.5. The molecule has 106 valence electrons.